The van der Waals surface area contributed by atoms with Gasteiger partial charge in [0.1, 0.15) is 11.6 Å². The summed E-state index contributed by atoms with van der Waals surface area (Å²) in [6.07, 6.45) is 3.10. The van der Waals surface area contributed by atoms with Crippen LogP contribution in [0.5, 0.6) is 5.75 Å². The Kier molecular flexibility index (Phi) is 4.51. The molecule has 29 heavy (non-hydrogen) atoms. The van der Waals surface area contributed by atoms with Gasteiger partial charge in [-0.1, -0.05) is 18.2 Å². The van der Waals surface area contributed by atoms with Crippen molar-refractivity contribution in [1.82, 2.24) is 14.9 Å². The molecule has 3 aromatic rings. The number of ether oxygens (including phenoxy) is 1. The molecule has 2 heterocycles. The molecule has 0 radical (unpaired) electrons. The van der Waals surface area contributed by atoms with Crippen molar-refractivity contribution in [3.8, 4) is 17.0 Å². The van der Waals surface area contributed by atoms with Gasteiger partial charge in [0.05, 0.1) is 18.5 Å². The number of nitrogens with zero attached hydrogens (tertiary/aromatic N) is 3. The Morgan fingerprint density at radius 1 is 1.03 bits per heavy atom. The van der Waals surface area contributed by atoms with Crippen LogP contribution in [0.15, 0.2) is 54.6 Å². The van der Waals surface area contributed by atoms with Crippen LogP contribution in [0.25, 0.3) is 11.3 Å². The zero-order valence-corrected chi connectivity index (χ0v) is 16.5. The third-order valence-electron chi connectivity index (χ3n) is 5.69. The lowest BCUT2D eigenvalue weighted by atomic mass is 9.98. The second-order valence-corrected chi connectivity index (χ2v) is 7.70. The molecule has 0 saturated heterocycles. The summed E-state index contributed by atoms with van der Waals surface area (Å²) in [5.74, 6) is 2.32. The van der Waals surface area contributed by atoms with Crippen LogP contribution in [0.1, 0.15) is 46.2 Å². The lowest BCUT2D eigenvalue weighted by Gasteiger charge is -2.30. The van der Waals surface area contributed by atoms with Gasteiger partial charge in [0.25, 0.3) is 5.91 Å². The number of aromatic nitrogens is 2. The van der Waals surface area contributed by atoms with Crippen molar-refractivity contribution in [1.29, 1.82) is 0 Å². The summed E-state index contributed by atoms with van der Waals surface area (Å²) in [5.41, 5.74) is 4.86. The largest absolute Gasteiger partial charge is 0.497 e. The van der Waals surface area contributed by atoms with E-state index in [1.807, 2.05) is 59.5 Å². The molecule has 5 rings (SSSR count). The number of benzene rings is 2. The maximum atomic E-state index is 13.0. The van der Waals surface area contributed by atoms with Gasteiger partial charge >= 0.3 is 0 Å². The average Bonchev–Trinajstić information content (AvgIpc) is 3.64. The molecule has 0 N–H and O–H groups in total. The summed E-state index contributed by atoms with van der Waals surface area (Å²) in [6.45, 7) is 1.22. The van der Waals surface area contributed by atoms with Crippen LogP contribution in [0.4, 0.5) is 0 Å². The van der Waals surface area contributed by atoms with Crippen molar-refractivity contribution in [2.75, 3.05) is 13.7 Å². The number of amides is 1. The fourth-order valence-electron chi connectivity index (χ4n) is 3.88. The lowest BCUT2D eigenvalue weighted by molar-refractivity contribution is 0.0733. The van der Waals surface area contributed by atoms with E-state index in [1.165, 1.54) is 12.8 Å². The minimum absolute atomic E-state index is 0.0585. The predicted octanol–water partition coefficient (Wildman–Crippen LogP) is 4.23. The Hall–Kier alpha value is -3.21. The number of fused-ring (bicyclic) bond motifs is 1. The third kappa shape index (κ3) is 3.48. The summed E-state index contributed by atoms with van der Waals surface area (Å²) < 4.78 is 5.30. The van der Waals surface area contributed by atoms with Gasteiger partial charge in [-0.25, -0.2) is 9.97 Å². The van der Waals surface area contributed by atoms with Crippen LogP contribution in [-0.4, -0.2) is 34.4 Å². The van der Waals surface area contributed by atoms with Crippen LogP contribution < -0.4 is 4.74 Å². The zero-order valence-electron chi connectivity index (χ0n) is 16.5. The van der Waals surface area contributed by atoms with Crippen LogP contribution >= 0.6 is 0 Å². The SMILES string of the molecule is COc1ccc(-c2nc(C3CC3)nc3c2CN(C(=O)c2ccccc2)CC3)cc1. The summed E-state index contributed by atoms with van der Waals surface area (Å²) in [7, 11) is 1.67. The Morgan fingerprint density at radius 2 is 1.79 bits per heavy atom. The molecular weight excluding hydrogens is 362 g/mol. The fraction of sp³-hybridized carbons (Fsp3) is 0.292. The van der Waals surface area contributed by atoms with Gasteiger partial charge in [-0.3, -0.25) is 4.79 Å². The first-order valence-electron chi connectivity index (χ1n) is 10.1. The highest BCUT2D eigenvalue weighted by atomic mass is 16.5. The minimum atomic E-state index is 0.0585. The molecule has 1 saturated carbocycles. The van der Waals surface area contributed by atoms with Crippen molar-refractivity contribution in [3.63, 3.8) is 0 Å². The number of methoxy groups -OCH3 is 1. The molecule has 2 aromatic carbocycles. The first-order valence-corrected chi connectivity index (χ1v) is 10.1. The predicted molar refractivity (Wildman–Crippen MR) is 111 cm³/mol. The molecule has 0 unspecified atom stereocenters. The molecule has 2 aliphatic rings. The van der Waals surface area contributed by atoms with E-state index in [0.29, 0.717) is 19.0 Å². The van der Waals surface area contributed by atoms with Gasteiger partial charge < -0.3 is 9.64 Å². The summed E-state index contributed by atoms with van der Waals surface area (Å²) in [4.78, 5) is 24.7. The monoisotopic (exact) mass is 385 g/mol. The summed E-state index contributed by atoms with van der Waals surface area (Å²) >= 11 is 0. The molecule has 1 amide bonds. The first-order chi connectivity index (χ1) is 14.2. The van der Waals surface area contributed by atoms with Gasteiger partial charge in [0.2, 0.25) is 0 Å². The zero-order chi connectivity index (χ0) is 19.8. The van der Waals surface area contributed by atoms with Gasteiger partial charge in [-0.05, 0) is 49.2 Å². The molecule has 0 atom stereocenters. The topological polar surface area (TPSA) is 55.3 Å². The van der Waals surface area contributed by atoms with E-state index < -0.39 is 0 Å². The van der Waals surface area contributed by atoms with Crippen molar-refractivity contribution >= 4 is 5.91 Å². The first kappa shape index (κ1) is 17.9. The standard InChI is InChI=1S/C24H23N3O2/c1-29-19-11-9-16(10-12-19)22-20-15-27(24(28)18-5-3-2-4-6-18)14-13-21(20)25-23(26-22)17-7-8-17/h2-6,9-12,17H,7-8,13-15H2,1H3. The van der Waals surface area contributed by atoms with Crippen molar-refractivity contribution in [2.45, 2.75) is 31.7 Å². The third-order valence-corrected chi connectivity index (χ3v) is 5.69. The normalized spacial score (nSPS) is 15.7. The van der Waals surface area contributed by atoms with Crippen molar-refractivity contribution < 1.29 is 9.53 Å². The van der Waals surface area contributed by atoms with Gasteiger partial charge in [-0.15, -0.1) is 0 Å². The van der Waals surface area contributed by atoms with Crippen LogP contribution in [0, 0.1) is 0 Å². The smallest absolute Gasteiger partial charge is 0.254 e. The van der Waals surface area contributed by atoms with E-state index in [-0.39, 0.29) is 5.91 Å². The van der Waals surface area contributed by atoms with E-state index in [9.17, 15) is 4.79 Å². The van der Waals surface area contributed by atoms with E-state index in [4.69, 9.17) is 14.7 Å². The molecule has 1 aromatic heterocycles. The molecule has 5 nitrogen and oxygen atoms in total. The Bertz CT molecular complexity index is 1040. The van der Waals surface area contributed by atoms with Gasteiger partial charge in [-0.2, -0.15) is 0 Å². The Morgan fingerprint density at radius 3 is 2.48 bits per heavy atom. The second-order valence-electron chi connectivity index (χ2n) is 7.70. The second kappa shape index (κ2) is 7.32. The van der Waals surface area contributed by atoms with E-state index in [1.54, 1.807) is 7.11 Å². The van der Waals surface area contributed by atoms with Crippen LogP contribution in [-0.2, 0) is 13.0 Å². The highest BCUT2D eigenvalue weighted by Crippen LogP contribution is 2.40. The van der Waals surface area contributed by atoms with E-state index in [2.05, 4.69) is 0 Å². The maximum absolute atomic E-state index is 13.0. The average molecular weight is 385 g/mol. The van der Waals surface area contributed by atoms with E-state index in [0.717, 1.165) is 46.1 Å². The molecule has 0 spiro atoms. The lowest BCUT2D eigenvalue weighted by Crippen LogP contribution is -2.37. The molecule has 1 aliphatic heterocycles. The highest BCUT2D eigenvalue weighted by molar-refractivity contribution is 5.94. The van der Waals surface area contributed by atoms with Crippen LogP contribution in [0.2, 0.25) is 0 Å². The molecule has 1 aliphatic carbocycles. The summed E-state index contributed by atoms with van der Waals surface area (Å²) in [5, 5.41) is 0. The van der Waals surface area contributed by atoms with Crippen LogP contribution in [0.3, 0.4) is 0 Å². The number of hydrogen-bond acceptors (Lipinski definition) is 4. The number of carbonyl (C=O) groups excluding carboxylic acids is 1. The molecular formula is C24H23N3O2. The van der Waals surface area contributed by atoms with Crippen molar-refractivity contribution in [2.24, 2.45) is 0 Å². The number of rotatable bonds is 4. The molecule has 5 heteroatoms. The highest BCUT2D eigenvalue weighted by Gasteiger charge is 2.31. The fourth-order valence-corrected chi connectivity index (χ4v) is 3.88. The van der Waals surface area contributed by atoms with Crippen molar-refractivity contribution in [3.05, 3.63) is 77.2 Å². The molecule has 0 bridgehead atoms. The molecule has 146 valence electrons. The molecule has 1 fully saturated rings. The Balaban J connectivity index is 1.53. The Labute approximate surface area is 170 Å². The maximum Gasteiger partial charge on any atom is 0.254 e. The number of carbonyl (C=O) groups is 1. The van der Waals surface area contributed by atoms with Gasteiger partial charge in [0, 0.05) is 42.1 Å². The summed E-state index contributed by atoms with van der Waals surface area (Å²) in [6, 6.07) is 17.5. The minimum Gasteiger partial charge on any atom is -0.497 e. The number of hydrogen-bond donors (Lipinski definition) is 0. The van der Waals surface area contributed by atoms with E-state index >= 15 is 0 Å². The quantitative estimate of drug-likeness (QED) is 0.674. The van der Waals surface area contributed by atoms with Gasteiger partial charge in [0.15, 0.2) is 0 Å².